The maximum absolute atomic E-state index is 14.5. The van der Waals surface area contributed by atoms with Crippen molar-refractivity contribution in [3.05, 3.63) is 64.9 Å². The van der Waals surface area contributed by atoms with E-state index in [0.29, 0.717) is 40.9 Å². The molecule has 0 unspecified atom stereocenters. The molecule has 0 aliphatic heterocycles. The molecule has 0 amide bonds. The first kappa shape index (κ1) is 24.8. The van der Waals surface area contributed by atoms with Crippen LogP contribution in [0.5, 0.6) is 0 Å². The van der Waals surface area contributed by atoms with Crippen LogP contribution in [0, 0.1) is 18.7 Å². The molecule has 9 heteroatoms. The molecule has 1 fully saturated rings. The number of carbonyl (C=O) groups is 1. The summed E-state index contributed by atoms with van der Waals surface area (Å²) in [4.78, 5) is 29.7. The molecule has 1 aliphatic rings. The van der Waals surface area contributed by atoms with Gasteiger partial charge >= 0.3 is 5.97 Å². The Morgan fingerprint density at radius 2 is 1.89 bits per heavy atom. The van der Waals surface area contributed by atoms with E-state index in [1.165, 1.54) is 12.6 Å². The summed E-state index contributed by atoms with van der Waals surface area (Å²) in [6.45, 7) is 8.40. The van der Waals surface area contributed by atoms with Gasteiger partial charge in [0.2, 0.25) is 5.82 Å². The molecule has 1 aromatic carbocycles. The van der Waals surface area contributed by atoms with E-state index in [0.717, 1.165) is 24.0 Å². The minimum Gasteiger partial charge on any atom is -0.475 e. The van der Waals surface area contributed by atoms with Crippen LogP contribution in [0.4, 0.5) is 10.2 Å². The number of anilines is 1. The predicted octanol–water partition coefficient (Wildman–Crippen LogP) is 5.81. The van der Waals surface area contributed by atoms with Crippen molar-refractivity contribution in [2.75, 3.05) is 5.32 Å². The van der Waals surface area contributed by atoms with E-state index in [4.69, 9.17) is 4.98 Å². The number of rotatable bonds is 8. The fraction of sp³-hybridized carbons (Fsp3) is 0.393. The molecule has 2 N–H and O–H groups in total. The molecular weight excluding hydrogens is 471 g/mol. The number of benzene rings is 1. The minimum atomic E-state index is -1.22. The average molecular weight is 503 g/mol. The van der Waals surface area contributed by atoms with Gasteiger partial charge in [-0.2, -0.15) is 0 Å². The number of nitrogens with zero attached hydrogens (tertiary/aromatic N) is 5. The Balaban J connectivity index is 1.73. The van der Waals surface area contributed by atoms with Crippen LogP contribution in [-0.4, -0.2) is 41.6 Å². The summed E-state index contributed by atoms with van der Waals surface area (Å²) in [6, 6.07) is 9.98. The Morgan fingerprint density at radius 1 is 1.16 bits per heavy atom. The number of pyridine rings is 1. The van der Waals surface area contributed by atoms with Crippen molar-refractivity contribution in [3.8, 4) is 11.5 Å². The van der Waals surface area contributed by atoms with E-state index in [1.807, 2.05) is 49.6 Å². The number of carboxylic acid groups (broad SMARTS) is 1. The highest BCUT2D eigenvalue weighted by atomic mass is 19.1. The van der Waals surface area contributed by atoms with E-state index >= 15 is 0 Å². The van der Waals surface area contributed by atoms with Gasteiger partial charge < -0.3 is 15.0 Å². The summed E-state index contributed by atoms with van der Waals surface area (Å²) < 4.78 is 16.5. The quantitative estimate of drug-likeness (QED) is 0.313. The molecule has 0 bridgehead atoms. The summed E-state index contributed by atoms with van der Waals surface area (Å²) in [5.41, 5.74) is 4.06. The number of aromatic nitrogens is 5. The summed E-state index contributed by atoms with van der Waals surface area (Å²) in [6.07, 6.45) is 4.66. The lowest BCUT2D eigenvalue weighted by Gasteiger charge is -2.32. The molecule has 1 saturated carbocycles. The first-order valence-corrected chi connectivity index (χ1v) is 12.7. The number of aryl methyl sites for hydroxylation is 1. The van der Waals surface area contributed by atoms with Crippen LogP contribution < -0.4 is 5.32 Å². The largest absolute Gasteiger partial charge is 0.475 e. The topological polar surface area (TPSA) is 106 Å². The molecule has 0 radical (unpaired) electrons. The Bertz CT molecular complexity index is 1460. The van der Waals surface area contributed by atoms with Gasteiger partial charge in [0.05, 0.1) is 6.20 Å². The molecule has 3 aromatic heterocycles. The van der Waals surface area contributed by atoms with E-state index in [2.05, 4.69) is 27.2 Å². The lowest BCUT2D eigenvalue weighted by Crippen LogP contribution is -2.31. The van der Waals surface area contributed by atoms with Crippen molar-refractivity contribution >= 4 is 23.0 Å². The Morgan fingerprint density at radius 3 is 2.51 bits per heavy atom. The summed E-state index contributed by atoms with van der Waals surface area (Å²) in [7, 11) is 0. The van der Waals surface area contributed by atoms with Crippen molar-refractivity contribution in [2.45, 2.75) is 65.5 Å². The molecule has 1 atom stereocenters. The third-order valence-electron chi connectivity index (χ3n) is 7.21. The second-order valence-electron chi connectivity index (χ2n) is 10.3. The van der Waals surface area contributed by atoms with Crippen molar-refractivity contribution in [1.29, 1.82) is 0 Å². The van der Waals surface area contributed by atoms with Crippen LogP contribution in [0.2, 0.25) is 0 Å². The SMILES string of the molecule is Cc1ccc(Cn2c(-c3cc(C(C)C)c(F)cn3)nc3nc(C(=O)O)nc(N[C@H](C)C4CCC4)c32)cc1. The van der Waals surface area contributed by atoms with Gasteiger partial charge in [0.15, 0.2) is 17.3 Å². The van der Waals surface area contributed by atoms with Crippen molar-refractivity contribution < 1.29 is 14.3 Å². The van der Waals surface area contributed by atoms with Gasteiger partial charge in [-0.25, -0.2) is 29.1 Å². The number of aromatic carboxylic acids is 1. The van der Waals surface area contributed by atoms with E-state index in [9.17, 15) is 14.3 Å². The van der Waals surface area contributed by atoms with Gasteiger partial charge in [0.1, 0.15) is 17.0 Å². The molecule has 0 spiro atoms. The number of hydrogen-bond donors (Lipinski definition) is 2. The molecule has 5 rings (SSSR count). The minimum absolute atomic E-state index is 0.0457. The van der Waals surface area contributed by atoms with Crippen LogP contribution in [0.25, 0.3) is 22.7 Å². The zero-order valence-electron chi connectivity index (χ0n) is 21.5. The number of nitrogens with one attached hydrogen (secondary N) is 1. The number of halogens is 1. The van der Waals surface area contributed by atoms with Crippen LogP contribution in [0.1, 0.15) is 73.3 Å². The number of imidazole rings is 1. The number of hydrogen-bond acceptors (Lipinski definition) is 6. The molecule has 4 aromatic rings. The standard InChI is InChI=1S/C28H31FN6O2/c1-15(2)20-12-22(30-13-21(20)29)27-34-25-23(35(27)14-18-10-8-16(3)9-11-18)24(32-26(33-25)28(36)37)31-17(4)19-6-5-7-19/h8-13,15,17,19H,5-7,14H2,1-4H3,(H,36,37)(H,31,32,33)/t17-/m1/s1. The first-order valence-electron chi connectivity index (χ1n) is 12.7. The van der Waals surface area contributed by atoms with Gasteiger partial charge in [-0.15, -0.1) is 0 Å². The Hall–Kier alpha value is -3.88. The molecule has 192 valence electrons. The van der Waals surface area contributed by atoms with E-state index < -0.39 is 5.97 Å². The van der Waals surface area contributed by atoms with Crippen LogP contribution in [-0.2, 0) is 6.54 Å². The van der Waals surface area contributed by atoms with E-state index in [1.54, 1.807) is 6.07 Å². The van der Waals surface area contributed by atoms with Gasteiger partial charge in [0, 0.05) is 12.6 Å². The number of carboxylic acids is 1. The van der Waals surface area contributed by atoms with Crippen molar-refractivity contribution in [3.63, 3.8) is 0 Å². The maximum Gasteiger partial charge on any atom is 0.374 e. The highest BCUT2D eigenvalue weighted by Gasteiger charge is 2.28. The molecule has 3 heterocycles. The lowest BCUT2D eigenvalue weighted by molar-refractivity contribution is 0.0684. The maximum atomic E-state index is 14.5. The Labute approximate surface area is 215 Å². The third kappa shape index (κ3) is 4.90. The second kappa shape index (κ2) is 9.88. The second-order valence-corrected chi connectivity index (χ2v) is 10.3. The summed E-state index contributed by atoms with van der Waals surface area (Å²) in [5, 5.41) is 13.2. The molecule has 37 heavy (non-hydrogen) atoms. The normalized spacial score (nSPS) is 14.6. The van der Waals surface area contributed by atoms with Crippen molar-refractivity contribution in [2.24, 2.45) is 5.92 Å². The average Bonchev–Trinajstić information content (AvgIpc) is 3.18. The predicted molar refractivity (Wildman–Crippen MR) is 140 cm³/mol. The lowest BCUT2D eigenvalue weighted by atomic mass is 9.80. The smallest absolute Gasteiger partial charge is 0.374 e. The first-order chi connectivity index (χ1) is 17.7. The monoisotopic (exact) mass is 502 g/mol. The van der Waals surface area contributed by atoms with Gasteiger partial charge in [-0.1, -0.05) is 50.1 Å². The molecule has 8 nitrogen and oxygen atoms in total. The van der Waals surface area contributed by atoms with Crippen LogP contribution >= 0.6 is 0 Å². The number of fused-ring (bicyclic) bond motifs is 1. The highest BCUT2D eigenvalue weighted by molar-refractivity contribution is 5.92. The fourth-order valence-corrected chi connectivity index (χ4v) is 4.75. The highest BCUT2D eigenvalue weighted by Crippen LogP contribution is 2.34. The zero-order chi connectivity index (χ0) is 26.3. The molecular formula is C28H31FN6O2. The summed E-state index contributed by atoms with van der Waals surface area (Å²) >= 11 is 0. The van der Waals surface area contributed by atoms with Crippen molar-refractivity contribution in [1.82, 2.24) is 24.5 Å². The van der Waals surface area contributed by atoms with Crippen LogP contribution in [0.15, 0.2) is 36.5 Å². The van der Waals surface area contributed by atoms with E-state index in [-0.39, 0.29) is 29.2 Å². The van der Waals surface area contributed by atoms with Gasteiger partial charge in [-0.3, -0.25) is 0 Å². The summed E-state index contributed by atoms with van der Waals surface area (Å²) in [5.74, 6) is -0.554. The molecule has 0 saturated heterocycles. The third-order valence-corrected chi connectivity index (χ3v) is 7.21. The zero-order valence-corrected chi connectivity index (χ0v) is 21.5. The van der Waals surface area contributed by atoms with Crippen LogP contribution in [0.3, 0.4) is 0 Å². The van der Waals surface area contributed by atoms with Gasteiger partial charge in [0.25, 0.3) is 0 Å². The van der Waals surface area contributed by atoms with Gasteiger partial charge in [-0.05, 0) is 55.7 Å². The fourth-order valence-electron chi connectivity index (χ4n) is 4.75. The Kier molecular flexibility index (Phi) is 6.62. The molecule has 1 aliphatic carbocycles.